The summed E-state index contributed by atoms with van der Waals surface area (Å²) in [5.41, 5.74) is 2.25. The van der Waals surface area contributed by atoms with Gasteiger partial charge in [0.1, 0.15) is 19.0 Å². The molecule has 0 saturated carbocycles. The average molecular weight is 420 g/mol. The van der Waals surface area contributed by atoms with E-state index in [0.29, 0.717) is 35.4 Å². The van der Waals surface area contributed by atoms with Gasteiger partial charge in [-0.15, -0.1) is 10.2 Å². The van der Waals surface area contributed by atoms with Crippen LogP contribution in [0.25, 0.3) is 16.6 Å². The average Bonchev–Trinajstić information content (AvgIpc) is 3.20. The molecule has 3 heterocycles. The molecular formula is C22H20N4O3S. The van der Waals surface area contributed by atoms with Crippen molar-refractivity contribution in [3.05, 3.63) is 53.9 Å². The molecule has 0 amide bonds. The second-order valence-corrected chi connectivity index (χ2v) is 8.30. The minimum absolute atomic E-state index is 0.00595. The van der Waals surface area contributed by atoms with E-state index >= 15 is 0 Å². The molecule has 0 atom stereocenters. The van der Waals surface area contributed by atoms with Crippen molar-refractivity contribution in [1.82, 2.24) is 19.6 Å². The maximum Gasteiger partial charge on any atom is 0.197 e. The fraction of sp³-hybridized carbons (Fsp3) is 0.273. The number of ether oxygens (including phenoxy) is 2. The first-order chi connectivity index (χ1) is 14.6. The van der Waals surface area contributed by atoms with E-state index < -0.39 is 0 Å². The molecule has 0 fully saturated rings. The Morgan fingerprint density at radius 2 is 1.90 bits per heavy atom. The first-order valence-electron chi connectivity index (χ1n) is 9.81. The second kappa shape index (κ2) is 7.60. The van der Waals surface area contributed by atoms with Gasteiger partial charge in [0.05, 0.1) is 11.3 Å². The molecule has 0 bridgehead atoms. The van der Waals surface area contributed by atoms with Crippen molar-refractivity contribution in [2.75, 3.05) is 19.0 Å². The van der Waals surface area contributed by atoms with E-state index in [1.165, 1.54) is 11.8 Å². The highest BCUT2D eigenvalue weighted by molar-refractivity contribution is 7.99. The van der Waals surface area contributed by atoms with Crippen LogP contribution < -0.4 is 9.47 Å². The van der Waals surface area contributed by atoms with Crippen LogP contribution in [-0.2, 0) is 0 Å². The third-order valence-electron chi connectivity index (χ3n) is 4.96. The number of carbonyl (C=O) groups is 1. The molecule has 0 spiro atoms. The van der Waals surface area contributed by atoms with Gasteiger partial charge >= 0.3 is 0 Å². The molecule has 2 aromatic carbocycles. The Kier molecular flexibility index (Phi) is 4.78. The van der Waals surface area contributed by atoms with E-state index in [2.05, 4.69) is 24.0 Å². The number of rotatable bonds is 5. The van der Waals surface area contributed by atoms with Gasteiger partial charge in [-0.1, -0.05) is 37.7 Å². The van der Waals surface area contributed by atoms with E-state index in [4.69, 9.17) is 14.5 Å². The minimum atomic E-state index is -0.00595. The lowest BCUT2D eigenvalue weighted by Gasteiger charge is -2.18. The number of fused-ring (bicyclic) bond motifs is 4. The van der Waals surface area contributed by atoms with Crippen LogP contribution >= 0.6 is 11.8 Å². The molecule has 0 N–H and O–H groups in total. The second-order valence-electron chi connectivity index (χ2n) is 7.35. The molecule has 152 valence electrons. The van der Waals surface area contributed by atoms with Crippen molar-refractivity contribution >= 4 is 34.1 Å². The Morgan fingerprint density at radius 3 is 2.73 bits per heavy atom. The topological polar surface area (TPSA) is 78.6 Å². The highest BCUT2D eigenvalue weighted by Crippen LogP contribution is 2.32. The standard InChI is InChI=1S/C22H20N4O3S/c1-13(2)20-23-16-6-4-3-5-15(16)21-24-25-22(26(20)21)30-12-17(27)14-7-8-18-19(11-14)29-10-9-28-18/h3-8,11,13H,9-10,12H2,1-2H3. The molecule has 0 unspecified atom stereocenters. The summed E-state index contributed by atoms with van der Waals surface area (Å²) in [7, 11) is 0. The molecule has 1 aliphatic heterocycles. The molecule has 0 aliphatic carbocycles. The molecule has 5 rings (SSSR count). The quantitative estimate of drug-likeness (QED) is 0.354. The smallest absolute Gasteiger partial charge is 0.197 e. The van der Waals surface area contributed by atoms with E-state index in [-0.39, 0.29) is 17.5 Å². The number of nitrogens with zero attached hydrogens (tertiary/aromatic N) is 4. The van der Waals surface area contributed by atoms with Crippen LogP contribution in [0.1, 0.15) is 35.9 Å². The Balaban J connectivity index is 1.46. The molecule has 4 aromatic rings. The highest BCUT2D eigenvalue weighted by Gasteiger charge is 2.19. The van der Waals surface area contributed by atoms with Gasteiger partial charge in [-0.2, -0.15) is 0 Å². The largest absolute Gasteiger partial charge is 0.486 e. The molecule has 30 heavy (non-hydrogen) atoms. The van der Waals surface area contributed by atoms with Crippen molar-refractivity contribution in [2.24, 2.45) is 0 Å². The number of benzene rings is 2. The van der Waals surface area contributed by atoms with Crippen LogP contribution in [0.2, 0.25) is 0 Å². The van der Waals surface area contributed by atoms with Gasteiger partial charge in [-0.25, -0.2) is 4.98 Å². The number of aromatic nitrogens is 4. The predicted octanol–water partition coefficient (Wildman–Crippen LogP) is 4.15. The molecular weight excluding hydrogens is 400 g/mol. The zero-order chi connectivity index (χ0) is 20.7. The van der Waals surface area contributed by atoms with Gasteiger partial charge in [-0.3, -0.25) is 9.20 Å². The van der Waals surface area contributed by atoms with Crippen molar-refractivity contribution in [2.45, 2.75) is 24.9 Å². The van der Waals surface area contributed by atoms with Crippen LogP contribution in [0.4, 0.5) is 0 Å². The maximum atomic E-state index is 12.8. The van der Waals surface area contributed by atoms with Crippen LogP contribution in [0.5, 0.6) is 11.5 Å². The first-order valence-corrected chi connectivity index (χ1v) is 10.8. The lowest BCUT2D eigenvalue weighted by Crippen LogP contribution is -2.16. The van der Waals surface area contributed by atoms with Gasteiger partial charge in [0.2, 0.25) is 0 Å². The van der Waals surface area contributed by atoms with Crippen LogP contribution in [-0.4, -0.2) is 44.3 Å². The summed E-state index contributed by atoms with van der Waals surface area (Å²) in [6.45, 7) is 5.19. The normalized spacial score (nSPS) is 13.3. The van der Waals surface area contributed by atoms with Gasteiger partial charge in [-0.05, 0) is 30.3 Å². The first kappa shape index (κ1) is 18.9. The van der Waals surface area contributed by atoms with Gasteiger partial charge < -0.3 is 9.47 Å². The van der Waals surface area contributed by atoms with E-state index in [0.717, 1.165) is 22.4 Å². The van der Waals surface area contributed by atoms with Crippen LogP contribution in [0, 0.1) is 0 Å². The van der Waals surface area contributed by atoms with Crippen molar-refractivity contribution in [3.8, 4) is 11.5 Å². The minimum Gasteiger partial charge on any atom is -0.486 e. The number of hydrogen-bond donors (Lipinski definition) is 0. The summed E-state index contributed by atoms with van der Waals surface area (Å²) in [4.78, 5) is 17.6. The van der Waals surface area contributed by atoms with Gasteiger partial charge in [0, 0.05) is 16.9 Å². The van der Waals surface area contributed by atoms with Gasteiger partial charge in [0.25, 0.3) is 0 Å². The molecule has 7 nitrogen and oxygen atoms in total. The van der Waals surface area contributed by atoms with Crippen molar-refractivity contribution in [3.63, 3.8) is 0 Å². The maximum absolute atomic E-state index is 12.8. The van der Waals surface area contributed by atoms with E-state index in [1.807, 2.05) is 28.7 Å². The number of para-hydroxylation sites is 1. The molecule has 0 saturated heterocycles. The lowest BCUT2D eigenvalue weighted by atomic mass is 10.1. The lowest BCUT2D eigenvalue weighted by molar-refractivity contribution is 0.102. The summed E-state index contributed by atoms with van der Waals surface area (Å²) >= 11 is 1.36. The third-order valence-corrected chi connectivity index (χ3v) is 5.88. The van der Waals surface area contributed by atoms with Crippen molar-refractivity contribution < 1.29 is 14.3 Å². The summed E-state index contributed by atoms with van der Waals surface area (Å²) in [5.74, 6) is 2.58. The summed E-state index contributed by atoms with van der Waals surface area (Å²) in [6, 6.07) is 13.2. The number of carbonyl (C=O) groups excluding carboxylic acids is 1. The highest BCUT2D eigenvalue weighted by atomic mass is 32.2. The van der Waals surface area contributed by atoms with Crippen LogP contribution in [0.15, 0.2) is 47.6 Å². The molecule has 8 heteroatoms. The predicted molar refractivity (Wildman–Crippen MR) is 115 cm³/mol. The Labute approximate surface area is 177 Å². The summed E-state index contributed by atoms with van der Waals surface area (Å²) in [6.07, 6.45) is 0. The summed E-state index contributed by atoms with van der Waals surface area (Å²) in [5, 5.41) is 10.4. The SMILES string of the molecule is CC(C)c1nc2ccccc2c2nnc(SCC(=O)c3ccc4c(c3)OCCO4)n12. The number of thioether (sulfide) groups is 1. The molecule has 1 aliphatic rings. The van der Waals surface area contributed by atoms with Crippen LogP contribution in [0.3, 0.4) is 0 Å². The molecule has 0 radical (unpaired) electrons. The molecule has 2 aromatic heterocycles. The fourth-order valence-corrected chi connectivity index (χ4v) is 4.33. The van der Waals surface area contributed by atoms with Crippen molar-refractivity contribution in [1.29, 1.82) is 0 Å². The number of hydrogen-bond acceptors (Lipinski definition) is 7. The Hall–Kier alpha value is -3.13. The summed E-state index contributed by atoms with van der Waals surface area (Å²) < 4.78 is 13.1. The monoisotopic (exact) mass is 420 g/mol. The Bertz CT molecular complexity index is 1270. The fourth-order valence-electron chi connectivity index (χ4n) is 3.50. The number of Topliss-reactive ketones (excluding diaryl/α,β-unsaturated/α-hetero) is 1. The van der Waals surface area contributed by atoms with E-state index in [1.54, 1.807) is 18.2 Å². The van der Waals surface area contributed by atoms with E-state index in [9.17, 15) is 4.79 Å². The number of ketones is 1. The third kappa shape index (κ3) is 3.27. The van der Waals surface area contributed by atoms with Gasteiger partial charge in [0.15, 0.2) is 28.1 Å². The zero-order valence-corrected chi connectivity index (χ0v) is 17.5. The Morgan fingerprint density at radius 1 is 1.10 bits per heavy atom. The zero-order valence-electron chi connectivity index (χ0n) is 16.7.